The van der Waals surface area contributed by atoms with E-state index in [9.17, 15) is 19.2 Å². The summed E-state index contributed by atoms with van der Waals surface area (Å²) in [7, 11) is 0. The minimum absolute atomic E-state index is 0.100. The Hall–Kier alpha value is -2.90. The average molecular weight is 420 g/mol. The SMILES string of the molecule is O=C1CCCCCCCCC(=O)OCCO1.O=C1OCCOC(=O)c2ccc1cc2. The van der Waals surface area contributed by atoms with E-state index in [-0.39, 0.29) is 38.4 Å². The Labute approximate surface area is 175 Å². The van der Waals surface area contributed by atoms with Crippen LogP contribution in [0.5, 0.6) is 0 Å². The Bertz CT molecular complexity index is 649. The number of hydrogen-bond acceptors (Lipinski definition) is 8. The van der Waals surface area contributed by atoms with Crippen molar-refractivity contribution in [3.8, 4) is 0 Å². The molecule has 3 aliphatic rings. The van der Waals surface area contributed by atoms with Crippen molar-refractivity contribution >= 4 is 23.9 Å². The van der Waals surface area contributed by atoms with Gasteiger partial charge in [0, 0.05) is 12.8 Å². The normalized spacial score (nSPS) is 19.1. The highest BCUT2D eigenvalue weighted by atomic mass is 16.6. The van der Waals surface area contributed by atoms with Crippen LogP contribution in [-0.4, -0.2) is 50.3 Å². The van der Waals surface area contributed by atoms with E-state index < -0.39 is 11.9 Å². The van der Waals surface area contributed by atoms with Gasteiger partial charge in [0.05, 0.1) is 11.1 Å². The minimum Gasteiger partial charge on any atom is -0.462 e. The fourth-order valence-electron chi connectivity index (χ4n) is 2.88. The number of rotatable bonds is 0. The van der Waals surface area contributed by atoms with Gasteiger partial charge in [-0.15, -0.1) is 0 Å². The lowest BCUT2D eigenvalue weighted by molar-refractivity contribution is -0.152. The molecule has 1 fully saturated rings. The van der Waals surface area contributed by atoms with Gasteiger partial charge in [-0.25, -0.2) is 9.59 Å². The molecule has 164 valence electrons. The monoisotopic (exact) mass is 420 g/mol. The van der Waals surface area contributed by atoms with Crippen LogP contribution in [0.15, 0.2) is 24.3 Å². The van der Waals surface area contributed by atoms with Crippen molar-refractivity contribution in [3.05, 3.63) is 35.4 Å². The number of carbonyl (C=O) groups excluding carboxylic acids is 4. The summed E-state index contributed by atoms with van der Waals surface area (Å²) in [5, 5.41) is 0. The van der Waals surface area contributed by atoms with Crippen molar-refractivity contribution in [1.29, 1.82) is 0 Å². The Morgan fingerprint density at radius 2 is 0.800 bits per heavy atom. The number of fused-ring (bicyclic) bond motifs is 7. The molecule has 0 aromatic heterocycles. The largest absolute Gasteiger partial charge is 0.462 e. The molecular weight excluding hydrogens is 392 g/mol. The molecule has 1 saturated heterocycles. The lowest BCUT2D eigenvalue weighted by Crippen LogP contribution is -2.16. The molecule has 0 amide bonds. The summed E-state index contributed by atoms with van der Waals surface area (Å²) >= 11 is 0. The van der Waals surface area contributed by atoms with Gasteiger partial charge < -0.3 is 18.9 Å². The second-order valence-electron chi connectivity index (χ2n) is 6.91. The van der Waals surface area contributed by atoms with Crippen LogP contribution in [0.3, 0.4) is 0 Å². The highest BCUT2D eigenvalue weighted by molar-refractivity contribution is 5.93. The summed E-state index contributed by atoms with van der Waals surface area (Å²) in [6, 6.07) is 6.18. The third-order valence-corrected chi connectivity index (χ3v) is 4.53. The number of benzene rings is 1. The quantitative estimate of drug-likeness (QED) is 0.465. The molecule has 30 heavy (non-hydrogen) atoms. The van der Waals surface area contributed by atoms with Gasteiger partial charge in [-0.1, -0.05) is 25.7 Å². The maximum absolute atomic E-state index is 11.3. The lowest BCUT2D eigenvalue weighted by atomic mass is 10.1. The van der Waals surface area contributed by atoms with Crippen LogP contribution in [0.2, 0.25) is 0 Å². The first-order valence-corrected chi connectivity index (χ1v) is 10.3. The van der Waals surface area contributed by atoms with Crippen molar-refractivity contribution in [3.63, 3.8) is 0 Å². The van der Waals surface area contributed by atoms with Crippen LogP contribution >= 0.6 is 0 Å². The molecule has 4 rings (SSSR count). The second-order valence-corrected chi connectivity index (χ2v) is 6.91. The molecule has 2 bridgehead atoms. The van der Waals surface area contributed by atoms with Gasteiger partial charge in [-0.2, -0.15) is 0 Å². The van der Waals surface area contributed by atoms with Crippen molar-refractivity contribution in [1.82, 2.24) is 0 Å². The van der Waals surface area contributed by atoms with E-state index in [1.807, 2.05) is 0 Å². The molecule has 1 aromatic carbocycles. The summed E-state index contributed by atoms with van der Waals surface area (Å²) in [4.78, 5) is 44.9. The Balaban J connectivity index is 0.000000215. The molecule has 0 unspecified atom stereocenters. The lowest BCUT2D eigenvalue weighted by Gasteiger charge is -2.09. The van der Waals surface area contributed by atoms with Gasteiger partial charge in [0.25, 0.3) is 0 Å². The molecule has 1 aromatic rings. The first kappa shape index (κ1) is 23.4. The predicted molar refractivity (Wildman–Crippen MR) is 106 cm³/mol. The Morgan fingerprint density at radius 3 is 1.20 bits per heavy atom. The summed E-state index contributed by atoms with van der Waals surface area (Å²) in [5.41, 5.74) is 0.895. The van der Waals surface area contributed by atoms with Crippen LogP contribution in [0.25, 0.3) is 0 Å². The molecule has 0 radical (unpaired) electrons. The number of ether oxygens (including phenoxy) is 4. The molecule has 8 nitrogen and oxygen atoms in total. The number of hydrogen-bond donors (Lipinski definition) is 0. The molecule has 0 N–H and O–H groups in total. The van der Waals surface area contributed by atoms with E-state index in [0.29, 0.717) is 24.0 Å². The molecule has 0 spiro atoms. The zero-order chi connectivity index (χ0) is 21.6. The third-order valence-electron chi connectivity index (χ3n) is 4.53. The van der Waals surface area contributed by atoms with E-state index in [1.165, 1.54) is 0 Å². The van der Waals surface area contributed by atoms with Gasteiger partial charge in [0.2, 0.25) is 0 Å². The van der Waals surface area contributed by atoms with E-state index in [0.717, 1.165) is 38.5 Å². The smallest absolute Gasteiger partial charge is 0.338 e. The summed E-state index contributed by atoms with van der Waals surface area (Å²) < 4.78 is 19.5. The molecule has 3 aliphatic heterocycles. The molecule has 3 heterocycles. The first-order valence-electron chi connectivity index (χ1n) is 10.3. The van der Waals surface area contributed by atoms with Gasteiger partial charge in [-0.05, 0) is 37.1 Å². The number of cyclic esters (lactones) is 2. The standard InChI is InChI=1S/C12H20O4.C10H8O4/c13-11-7-5-3-1-2-4-6-8-12(14)16-10-9-15-11;11-9-7-1-2-8(4-3-7)10(12)14-6-5-13-9/h1-10H2;1-4H,5-6H2. The van der Waals surface area contributed by atoms with Gasteiger partial charge >= 0.3 is 23.9 Å². The number of esters is 4. The first-order chi connectivity index (χ1) is 14.6. The van der Waals surface area contributed by atoms with E-state index in [2.05, 4.69) is 0 Å². The van der Waals surface area contributed by atoms with Crippen molar-refractivity contribution in [2.45, 2.75) is 51.4 Å². The van der Waals surface area contributed by atoms with Crippen LogP contribution < -0.4 is 0 Å². The van der Waals surface area contributed by atoms with Crippen molar-refractivity contribution in [2.24, 2.45) is 0 Å². The molecule has 0 atom stereocenters. The van der Waals surface area contributed by atoms with Gasteiger partial charge in [-0.3, -0.25) is 9.59 Å². The summed E-state index contributed by atoms with van der Waals surface area (Å²) in [6.07, 6.45) is 7.16. The molecule has 0 aliphatic carbocycles. The zero-order valence-corrected chi connectivity index (χ0v) is 17.1. The van der Waals surface area contributed by atoms with Crippen LogP contribution in [0.1, 0.15) is 72.1 Å². The fourth-order valence-corrected chi connectivity index (χ4v) is 2.88. The minimum atomic E-state index is -0.394. The van der Waals surface area contributed by atoms with Crippen molar-refractivity contribution in [2.75, 3.05) is 26.4 Å². The average Bonchev–Trinajstić information content (AvgIpc) is 2.76. The van der Waals surface area contributed by atoms with E-state index in [4.69, 9.17) is 18.9 Å². The van der Waals surface area contributed by atoms with E-state index in [1.54, 1.807) is 24.3 Å². The Morgan fingerprint density at radius 1 is 0.467 bits per heavy atom. The van der Waals surface area contributed by atoms with E-state index >= 15 is 0 Å². The topological polar surface area (TPSA) is 105 Å². The van der Waals surface area contributed by atoms with Crippen LogP contribution in [-0.2, 0) is 28.5 Å². The van der Waals surface area contributed by atoms with Crippen LogP contribution in [0.4, 0.5) is 0 Å². The van der Waals surface area contributed by atoms with Crippen molar-refractivity contribution < 1.29 is 38.1 Å². The molecule has 8 heteroatoms. The van der Waals surface area contributed by atoms with Crippen LogP contribution in [0, 0.1) is 0 Å². The second kappa shape index (κ2) is 13.3. The zero-order valence-electron chi connectivity index (χ0n) is 17.1. The maximum atomic E-state index is 11.3. The molecular formula is C22H28O8. The molecule has 0 saturated carbocycles. The third kappa shape index (κ3) is 9.07. The Kier molecular flexibility index (Phi) is 10.4. The summed E-state index contributed by atoms with van der Waals surface area (Å²) in [5.74, 6) is -1.16. The summed E-state index contributed by atoms with van der Waals surface area (Å²) in [6.45, 7) is 0.571. The van der Waals surface area contributed by atoms with Gasteiger partial charge in [0.15, 0.2) is 0 Å². The number of carbonyl (C=O) groups is 4. The van der Waals surface area contributed by atoms with Gasteiger partial charge in [0.1, 0.15) is 26.4 Å². The fraction of sp³-hybridized carbons (Fsp3) is 0.545. The highest BCUT2D eigenvalue weighted by Gasteiger charge is 2.13. The maximum Gasteiger partial charge on any atom is 0.338 e. The highest BCUT2D eigenvalue weighted by Crippen LogP contribution is 2.10. The predicted octanol–water partition coefficient (Wildman–Crippen LogP) is 3.22.